The van der Waals surface area contributed by atoms with Crippen molar-refractivity contribution in [3.63, 3.8) is 0 Å². The summed E-state index contributed by atoms with van der Waals surface area (Å²) in [6.07, 6.45) is 10.3. The number of fused-ring (bicyclic) bond motifs is 2. The molecule has 3 aliphatic carbocycles. The van der Waals surface area contributed by atoms with Crippen molar-refractivity contribution in [1.82, 2.24) is 9.80 Å². The predicted molar refractivity (Wildman–Crippen MR) is 109 cm³/mol. The first-order chi connectivity index (χ1) is 12.2. The van der Waals surface area contributed by atoms with Crippen LogP contribution in [0.4, 0.5) is 0 Å². The molecule has 148 valence electrons. The Morgan fingerprint density at radius 2 is 1.58 bits per heavy atom. The maximum atomic E-state index is 2.88. The lowest BCUT2D eigenvalue weighted by atomic mass is 9.71. The molecule has 5 aliphatic rings. The molecule has 0 N–H and O–H groups in total. The van der Waals surface area contributed by atoms with E-state index in [-0.39, 0.29) is 0 Å². The Labute approximate surface area is 162 Å². The number of nitrogens with zero attached hydrogens (tertiary/aromatic N) is 2. The minimum absolute atomic E-state index is 0.501. The van der Waals surface area contributed by atoms with Gasteiger partial charge in [-0.3, -0.25) is 4.90 Å². The lowest BCUT2D eigenvalue weighted by molar-refractivity contribution is 0.0906. The molecule has 2 saturated heterocycles. The summed E-state index contributed by atoms with van der Waals surface area (Å²) in [4.78, 5) is 5.69. The van der Waals surface area contributed by atoms with Crippen LogP contribution in [0.5, 0.6) is 0 Å². The number of hydrogen-bond donors (Lipinski definition) is 0. The maximum Gasteiger partial charge on any atom is 0.00956 e. The fourth-order valence-electron chi connectivity index (χ4n) is 7.51. The van der Waals surface area contributed by atoms with E-state index < -0.39 is 0 Å². The van der Waals surface area contributed by atoms with Crippen molar-refractivity contribution in [3.05, 3.63) is 0 Å². The number of likely N-dealkylation sites (tertiary alicyclic amines) is 2. The molecular weight excluding hydrogens is 316 g/mol. The topological polar surface area (TPSA) is 6.48 Å². The predicted octanol–water partition coefficient (Wildman–Crippen LogP) is 5.04. The maximum absolute atomic E-state index is 2.88. The van der Waals surface area contributed by atoms with Gasteiger partial charge in [0, 0.05) is 32.2 Å². The first-order valence-electron chi connectivity index (χ1n) is 11.6. The van der Waals surface area contributed by atoms with E-state index in [0.29, 0.717) is 21.7 Å². The van der Waals surface area contributed by atoms with Crippen molar-refractivity contribution in [2.24, 2.45) is 33.5 Å². The molecule has 5 fully saturated rings. The van der Waals surface area contributed by atoms with Crippen molar-refractivity contribution in [1.29, 1.82) is 0 Å². The molecule has 0 aromatic rings. The fraction of sp³-hybridized carbons (Fsp3) is 1.00. The van der Waals surface area contributed by atoms with Crippen LogP contribution in [0.2, 0.25) is 0 Å². The van der Waals surface area contributed by atoms with Crippen LogP contribution in [-0.4, -0.2) is 48.6 Å². The molecule has 0 bridgehead atoms. The van der Waals surface area contributed by atoms with Gasteiger partial charge in [0.05, 0.1) is 0 Å². The molecule has 2 heterocycles. The van der Waals surface area contributed by atoms with E-state index >= 15 is 0 Å². The van der Waals surface area contributed by atoms with Gasteiger partial charge in [-0.1, -0.05) is 41.0 Å². The smallest absolute Gasteiger partial charge is 0.00956 e. The second-order valence-corrected chi connectivity index (χ2v) is 12.6. The van der Waals surface area contributed by atoms with E-state index in [1.165, 1.54) is 77.7 Å². The summed E-state index contributed by atoms with van der Waals surface area (Å²) in [6.45, 7) is 19.6. The van der Waals surface area contributed by atoms with Crippen LogP contribution in [0, 0.1) is 33.5 Å². The second-order valence-electron chi connectivity index (χ2n) is 12.6. The van der Waals surface area contributed by atoms with Gasteiger partial charge in [0.25, 0.3) is 0 Å². The quantitative estimate of drug-likeness (QED) is 0.656. The molecule has 3 saturated carbocycles. The van der Waals surface area contributed by atoms with Gasteiger partial charge in [0.2, 0.25) is 0 Å². The largest absolute Gasteiger partial charge is 0.302 e. The van der Waals surface area contributed by atoms with Crippen molar-refractivity contribution in [2.45, 2.75) is 85.6 Å². The molecule has 0 aromatic carbocycles. The highest BCUT2D eigenvalue weighted by Gasteiger charge is 2.67. The minimum Gasteiger partial charge on any atom is -0.302 e. The van der Waals surface area contributed by atoms with Crippen LogP contribution < -0.4 is 0 Å². The van der Waals surface area contributed by atoms with Gasteiger partial charge in [-0.25, -0.2) is 0 Å². The standard InChI is InChI=1S/C24H42N2/c1-21(2,3)23-12-18(23)14-25(16-23)11-7-10-22(4,5)24-13-19(24)15-26(17-24)20-8-6-9-20/h18-20H,6-17H2,1-5H3. The molecule has 5 rings (SSSR count). The van der Waals surface area contributed by atoms with Gasteiger partial charge in [0.15, 0.2) is 0 Å². The summed E-state index contributed by atoms with van der Waals surface area (Å²) in [5.74, 6) is 2.04. The molecule has 0 amide bonds. The molecule has 2 nitrogen and oxygen atoms in total. The zero-order valence-corrected chi connectivity index (χ0v) is 18.1. The fourth-order valence-corrected chi connectivity index (χ4v) is 7.51. The van der Waals surface area contributed by atoms with Crippen molar-refractivity contribution in [3.8, 4) is 0 Å². The van der Waals surface area contributed by atoms with Crippen molar-refractivity contribution >= 4 is 0 Å². The van der Waals surface area contributed by atoms with Gasteiger partial charge in [-0.15, -0.1) is 0 Å². The molecule has 0 aromatic heterocycles. The lowest BCUT2D eigenvalue weighted by Crippen LogP contribution is -2.42. The Hall–Kier alpha value is -0.0800. The summed E-state index contributed by atoms with van der Waals surface area (Å²) in [7, 11) is 0. The van der Waals surface area contributed by atoms with Crippen LogP contribution in [0.3, 0.4) is 0 Å². The van der Waals surface area contributed by atoms with Gasteiger partial charge in [-0.2, -0.15) is 0 Å². The summed E-state index contributed by atoms with van der Waals surface area (Å²) in [5, 5.41) is 0. The van der Waals surface area contributed by atoms with E-state index in [9.17, 15) is 0 Å². The van der Waals surface area contributed by atoms with Crippen LogP contribution in [0.25, 0.3) is 0 Å². The summed E-state index contributed by atoms with van der Waals surface area (Å²) >= 11 is 0. The number of piperidine rings is 2. The SMILES string of the molecule is CC(C)(C)C12CC1CN(CCCC(C)(C)C13CC1CN(C1CCC1)C3)C2. The van der Waals surface area contributed by atoms with E-state index in [0.717, 1.165) is 17.9 Å². The first kappa shape index (κ1) is 18.0. The molecule has 4 unspecified atom stereocenters. The van der Waals surface area contributed by atoms with Crippen molar-refractivity contribution < 1.29 is 0 Å². The Morgan fingerprint density at radius 3 is 2.19 bits per heavy atom. The molecule has 0 radical (unpaired) electrons. The highest BCUT2D eigenvalue weighted by atomic mass is 15.2. The van der Waals surface area contributed by atoms with E-state index in [2.05, 4.69) is 44.4 Å². The third kappa shape index (κ3) is 2.50. The van der Waals surface area contributed by atoms with E-state index in [4.69, 9.17) is 0 Å². The third-order valence-corrected chi connectivity index (χ3v) is 10.1. The first-order valence-corrected chi connectivity index (χ1v) is 11.6. The number of rotatable bonds is 6. The van der Waals surface area contributed by atoms with E-state index in [1.54, 1.807) is 0 Å². The molecule has 0 spiro atoms. The Morgan fingerprint density at radius 1 is 0.885 bits per heavy atom. The second kappa shape index (κ2) is 5.50. The van der Waals surface area contributed by atoms with Crippen LogP contribution in [0.1, 0.15) is 79.6 Å². The van der Waals surface area contributed by atoms with E-state index in [1.807, 2.05) is 0 Å². The summed E-state index contributed by atoms with van der Waals surface area (Å²) in [5.41, 5.74) is 2.39. The van der Waals surface area contributed by atoms with Crippen molar-refractivity contribution in [2.75, 3.05) is 32.7 Å². The normalized spacial score (nSPS) is 43.3. The Kier molecular flexibility index (Phi) is 3.80. The highest BCUT2D eigenvalue weighted by Crippen LogP contribution is 2.69. The Bertz CT molecular complexity index is 571. The van der Waals surface area contributed by atoms with Crippen LogP contribution >= 0.6 is 0 Å². The summed E-state index contributed by atoms with van der Waals surface area (Å²) in [6, 6.07) is 0.959. The molecular formula is C24H42N2. The molecule has 2 heteroatoms. The zero-order chi connectivity index (χ0) is 18.4. The van der Waals surface area contributed by atoms with Gasteiger partial charge >= 0.3 is 0 Å². The molecule has 4 atom stereocenters. The summed E-state index contributed by atoms with van der Waals surface area (Å²) < 4.78 is 0. The van der Waals surface area contributed by atoms with Crippen LogP contribution in [0.15, 0.2) is 0 Å². The lowest BCUT2D eigenvalue weighted by Gasteiger charge is -2.40. The monoisotopic (exact) mass is 358 g/mol. The zero-order valence-electron chi connectivity index (χ0n) is 18.1. The highest BCUT2D eigenvalue weighted by molar-refractivity contribution is 5.18. The number of hydrogen-bond acceptors (Lipinski definition) is 2. The average Bonchev–Trinajstić information content (AvgIpc) is 3.28. The van der Waals surface area contributed by atoms with Gasteiger partial charge < -0.3 is 4.90 Å². The van der Waals surface area contributed by atoms with Crippen LogP contribution in [-0.2, 0) is 0 Å². The Balaban J connectivity index is 1.12. The molecule has 2 aliphatic heterocycles. The third-order valence-electron chi connectivity index (χ3n) is 10.1. The van der Waals surface area contributed by atoms with Gasteiger partial charge in [-0.05, 0) is 78.6 Å². The average molecular weight is 359 g/mol. The minimum atomic E-state index is 0.501. The van der Waals surface area contributed by atoms with Gasteiger partial charge in [0.1, 0.15) is 0 Å². The molecule has 26 heavy (non-hydrogen) atoms.